The molecule has 1 aromatic rings. The van der Waals surface area contributed by atoms with Gasteiger partial charge in [-0.3, -0.25) is 9.69 Å². The van der Waals surface area contributed by atoms with Gasteiger partial charge in [0.1, 0.15) is 0 Å². The number of benzene rings is 1. The number of likely N-dealkylation sites (N-methyl/N-ethyl adjacent to an activating group) is 1. The van der Waals surface area contributed by atoms with Crippen molar-refractivity contribution in [2.45, 2.75) is 31.8 Å². The number of carbonyl (C=O) groups is 1. The van der Waals surface area contributed by atoms with Crippen LogP contribution in [0.5, 0.6) is 0 Å². The normalized spacial score (nSPS) is 13.7. The Balaban J connectivity index is 1.79. The third-order valence-corrected chi connectivity index (χ3v) is 3.23. The van der Waals surface area contributed by atoms with E-state index in [0.717, 1.165) is 30.5 Å². The van der Waals surface area contributed by atoms with E-state index in [-0.39, 0.29) is 12.5 Å². The molecule has 2 N–H and O–H groups in total. The standard InChI is InChI=1S/C17H22N2O2/c1-19(13-17(21)18-16-9-10-16)12-15-7-5-14(6-8-15)4-2-3-11-20/h5-8,16,20H,3,9-13H2,1H3,(H,18,21). The van der Waals surface area contributed by atoms with Crippen molar-refractivity contribution in [1.82, 2.24) is 10.2 Å². The van der Waals surface area contributed by atoms with E-state index in [9.17, 15) is 4.79 Å². The molecule has 4 nitrogen and oxygen atoms in total. The first-order valence-electron chi connectivity index (χ1n) is 7.34. The highest BCUT2D eigenvalue weighted by Gasteiger charge is 2.23. The highest BCUT2D eigenvalue weighted by atomic mass is 16.2. The molecule has 1 aliphatic carbocycles. The van der Waals surface area contributed by atoms with Gasteiger partial charge < -0.3 is 10.4 Å². The summed E-state index contributed by atoms with van der Waals surface area (Å²) in [7, 11) is 1.95. The van der Waals surface area contributed by atoms with Gasteiger partial charge in [-0.25, -0.2) is 0 Å². The summed E-state index contributed by atoms with van der Waals surface area (Å²) in [6.07, 6.45) is 2.74. The van der Waals surface area contributed by atoms with Gasteiger partial charge in [0.05, 0.1) is 13.2 Å². The van der Waals surface area contributed by atoms with Crippen molar-refractivity contribution >= 4 is 5.91 Å². The van der Waals surface area contributed by atoms with Crippen LogP contribution in [0.25, 0.3) is 0 Å². The SMILES string of the molecule is CN(CC(=O)NC1CC1)Cc1ccc(C#CCCO)cc1. The minimum absolute atomic E-state index is 0.0960. The third kappa shape index (κ3) is 5.99. The van der Waals surface area contributed by atoms with Crippen molar-refractivity contribution < 1.29 is 9.90 Å². The van der Waals surface area contributed by atoms with Crippen LogP contribution in [-0.2, 0) is 11.3 Å². The Kier molecular flexibility index (Phi) is 5.79. The van der Waals surface area contributed by atoms with Crippen molar-refractivity contribution in [1.29, 1.82) is 0 Å². The van der Waals surface area contributed by atoms with Crippen LogP contribution in [0, 0.1) is 11.8 Å². The van der Waals surface area contributed by atoms with E-state index < -0.39 is 0 Å². The number of amides is 1. The lowest BCUT2D eigenvalue weighted by molar-refractivity contribution is -0.122. The predicted octanol–water partition coefficient (Wildman–Crippen LogP) is 1.13. The van der Waals surface area contributed by atoms with Gasteiger partial charge in [-0.2, -0.15) is 0 Å². The van der Waals surface area contributed by atoms with Crippen molar-refractivity contribution in [3.8, 4) is 11.8 Å². The summed E-state index contributed by atoms with van der Waals surface area (Å²) in [4.78, 5) is 13.7. The molecule has 21 heavy (non-hydrogen) atoms. The summed E-state index contributed by atoms with van der Waals surface area (Å²) < 4.78 is 0. The molecule has 2 rings (SSSR count). The number of carbonyl (C=O) groups excluding carboxylic acids is 1. The van der Waals surface area contributed by atoms with E-state index in [2.05, 4.69) is 17.2 Å². The Morgan fingerprint density at radius 3 is 2.71 bits per heavy atom. The lowest BCUT2D eigenvalue weighted by Gasteiger charge is -2.16. The van der Waals surface area contributed by atoms with E-state index in [1.165, 1.54) is 0 Å². The zero-order valence-electron chi connectivity index (χ0n) is 12.4. The quantitative estimate of drug-likeness (QED) is 0.771. The molecule has 1 amide bonds. The van der Waals surface area contributed by atoms with Gasteiger partial charge in [-0.15, -0.1) is 0 Å². The Morgan fingerprint density at radius 2 is 2.10 bits per heavy atom. The van der Waals surface area contributed by atoms with Crippen molar-refractivity contribution in [2.75, 3.05) is 20.2 Å². The monoisotopic (exact) mass is 286 g/mol. The molecular formula is C17H22N2O2. The van der Waals surface area contributed by atoms with Crippen LogP contribution < -0.4 is 5.32 Å². The molecule has 0 unspecified atom stereocenters. The lowest BCUT2D eigenvalue weighted by atomic mass is 10.1. The van der Waals surface area contributed by atoms with Crippen LogP contribution in [0.2, 0.25) is 0 Å². The van der Waals surface area contributed by atoms with E-state index in [1.54, 1.807) is 0 Å². The van der Waals surface area contributed by atoms with Gasteiger partial charge in [-0.1, -0.05) is 24.0 Å². The van der Waals surface area contributed by atoms with Crippen LogP contribution in [0.3, 0.4) is 0 Å². The molecule has 0 aromatic heterocycles. The van der Waals surface area contributed by atoms with Crippen molar-refractivity contribution in [3.63, 3.8) is 0 Å². The van der Waals surface area contributed by atoms with E-state index >= 15 is 0 Å². The second-order valence-electron chi connectivity index (χ2n) is 5.49. The summed E-state index contributed by atoms with van der Waals surface area (Å²) >= 11 is 0. The summed E-state index contributed by atoms with van der Waals surface area (Å²) in [5.41, 5.74) is 2.10. The van der Waals surface area contributed by atoms with Crippen LogP contribution in [0.1, 0.15) is 30.4 Å². The molecule has 0 saturated heterocycles. The largest absolute Gasteiger partial charge is 0.395 e. The minimum Gasteiger partial charge on any atom is -0.395 e. The molecule has 0 spiro atoms. The third-order valence-electron chi connectivity index (χ3n) is 3.23. The molecule has 0 bridgehead atoms. The van der Waals surface area contributed by atoms with Gasteiger partial charge in [0.2, 0.25) is 5.91 Å². The zero-order valence-corrected chi connectivity index (χ0v) is 12.4. The van der Waals surface area contributed by atoms with E-state index in [0.29, 0.717) is 19.0 Å². The molecule has 0 radical (unpaired) electrons. The first kappa shape index (κ1) is 15.6. The van der Waals surface area contributed by atoms with Crippen LogP contribution >= 0.6 is 0 Å². The van der Waals surface area contributed by atoms with Gasteiger partial charge in [0.25, 0.3) is 0 Å². The maximum Gasteiger partial charge on any atom is 0.234 e. The fourth-order valence-electron chi connectivity index (χ4n) is 2.03. The Hall–Kier alpha value is -1.83. The minimum atomic E-state index is 0.0960. The molecule has 0 heterocycles. The van der Waals surface area contributed by atoms with Gasteiger partial charge >= 0.3 is 0 Å². The molecule has 0 atom stereocenters. The number of aliphatic hydroxyl groups excluding tert-OH is 1. The summed E-state index contributed by atoms with van der Waals surface area (Å²) in [5.74, 6) is 6.00. The van der Waals surface area contributed by atoms with Crippen LogP contribution in [-0.4, -0.2) is 42.2 Å². The fraction of sp³-hybridized carbons (Fsp3) is 0.471. The van der Waals surface area contributed by atoms with Crippen LogP contribution in [0.4, 0.5) is 0 Å². The Morgan fingerprint density at radius 1 is 1.38 bits per heavy atom. The van der Waals surface area contributed by atoms with E-state index in [4.69, 9.17) is 5.11 Å². The second kappa shape index (κ2) is 7.82. The Labute approximate surface area is 126 Å². The number of rotatable bonds is 6. The molecule has 1 fully saturated rings. The average Bonchev–Trinajstić information content (AvgIpc) is 3.24. The maximum absolute atomic E-state index is 11.7. The highest BCUT2D eigenvalue weighted by molar-refractivity contribution is 5.78. The molecule has 4 heteroatoms. The molecular weight excluding hydrogens is 264 g/mol. The van der Waals surface area contributed by atoms with Crippen LogP contribution in [0.15, 0.2) is 24.3 Å². The first-order valence-corrected chi connectivity index (χ1v) is 7.34. The average molecular weight is 286 g/mol. The number of nitrogens with one attached hydrogen (secondary N) is 1. The summed E-state index contributed by atoms with van der Waals surface area (Å²) in [5, 5.41) is 11.7. The maximum atomic E-state index is 11.7. The smallest absolute Gasteiger partial charge is 0.234 e. The topological polar surface area (TPSA) is 52.6 Å². The molecule has 1 aliphatic rings. The molecule has 112 valence electrons. The van der Waals surface area contributed by atoms with Crippen molar-refractivity contribution in [2.24, 2.45) is 0 Å². The first-order chi connectivity index (χ1) is 10.2. The number of nitrogens with zero attached hydrogens (tertiary/aromatic N) is 1. The second-order valence-corrected chi connectivity index (χ2v) is 5.49. The highest BCUT2D eigenvalue weighted by Crippen LogP contribution is 2.18. The van der Waals surface area contributed by atoms with Crippen molar-refractivity contribution in [3.05, 3.63) is 35.4 Å². The molecule has 1 aromatic carbocycles. The number of hydrogen-bond acceptors (Lipinski definition) is 3. The number of hydrogen-bond donors (Lipinski definition) is 2. The van der Waals surface area contributed by atoms with Gasteiger partial charge in [0, 0.05) is 24.6 Å². The predicted molar refractivity (Wildman–Crippen MR) is 82.5 cm³/mol. The van der Waals surface area contributed by atoms with E-state index in [1.807, 2.05) is 36.2 Å². The lowest BCUT2D eigenvalue weighted by Crippen LogP contribution is -2.35. The summed E-state index contributed by atoms with van der Waals surface area (Å²) in [6, 6.07) is 8.41. The Bertz CT molecular complexity index is 524. The van der Waals surface area contributed by atoms with Gasteiger partial charge in [-0.05, 0) is 37.6 Å². The fourth-order valence-corrected chi connectivity index (χ4v) is 2.03. The number of aliphatic hydroxyl groups is 1. The molecule has 1 saturated carbocycles. The van der Waals surface area contributed by atoms with Gasteiger partial charge in [0.15, 0.2) is 0 Å². The zero-order chi connectivity index (χ0) is 15.1. The summed E-state index contributed by atoms with van der Waals surface area (Å²) in [6.45, 7) is 1.26. The molecule has 0 aliphatic heterocycles.